The second-order valence-corrected chi connectivity index (χ2v) is 7.88. The lowest BCUT2D eigenvalue weighted by atomic mass is 9.85. The second-order valence-electron chi connectivity index (χ2n) is 7.88. The van der Waals surface area contributed by atoms with E-state index in [4.69, 9.17) is 0 Å². The normalized spacial score (nSPS) is 12.1. The minimum absolute atomic E-state index is 0.280. The average molecular weight is 435 g/mol. The molecular formula is C24H27FN6O. The van der Waals surface area contributed by atoms with Crippen LogP contribution in [0.2, 0.25) is 0 Å². The maximum Gasteiger partial charge on any atom is 0.224 e. The first-order chi connectivity index (χ1) is 15.2. The molecule has 2 heterocycles. The minimum atomic E-state index is -0.744. The van der Waals surface area contributed by atoms with Crippen molar-refractivity contribution < 1.29 is 9.50 Å². The fraction of sp³-hybridized carbons (Fsp3) is 0.292. The van der Waals surface area contributed by atoms with Crippen LogP contribution in [0.5, 0.6) is 0 Å². The topological polar surface area (TPSA) is 95.9 Å². The van der Waals surface area contributed by atoms with Gasteiger partial charge in [0.05, 0.1) is 40.1 Å². The molecule has 0 aliphatic carbocycles. The van der Waals surface area contributed by atoms with Crippen molar-refractivity contribution in [2.24, 2.45) is 0 Å². The molecule has 0 saturated heterocycles. The van der Waals surface area contributed by atoms with Crippen molar-refractivity contribution in [1.29, 1.82) is 0 Å². The van der Waals surface area contributed by atoms with Crippen LogP contribution in [0.15, 0.2) is 60.9 Å². The number of halogens is 1. The van der Waals surface area contributed by atoms with Crippen molar-refractivity contribution >= 4 is 11.6 Å². The van der Waals surface area contributed by atoms with Gasteiger partial charge >= 0.3 is 0 Å². The van der Waals surface area contributed by atoms with E-state index in [1.165, 1.54) is 6.07 Å². The van der Waals surface area contributed by atoms with Gasteiger partial charge in [0.1, 0.15) is 12.0 Å². The Morgan fingerprint density at radius 3 is 2.69 bits per heavy atom. The van der Waals surface area contributed by atoms with Crippen molar-refractivity contribution in [2.75, 3.05) is 10.6 Å². The number of nitrogens with one attached hydrogen (secondary N) is 2. The molecule has 0 bridgehead atoms. The van der Waals surface area contributed by atoms with Gasteiger partial charge in [-0.25, -0.2) is 19.3 Å². The zero-order valence-electron chi connectivity index (χ0n) is 18.6. The molecular weight excluding hydrogens is 407 g/mol. The van der Waals surface area contributed by atoms with E-state index in [2.05, 4.69) is 42.9 Å². The molecule has 1 unspecified atom stereocenters. The number of aromatic nitrogens is 4. The number of hydrogen-bond donors (Lipinski definition) is 3. The van der Waals surface area contributed by atoms with E-state index < -0.39 is 17.5 Å². The third-order valence-electron chi connectivity index (χ3n) is 5.06. The Kier molecular flexibility index (Phi) is 6.98. The molecule has 32 heavy (non-hydrogen) atoms. The molecule has 3 N–H and O–H groups in total. The summed E-state index contributed by atoms with van der Waals surface area (Å²) in [4.78, 5) is 17.2. The van der Waals surface area contributed by atoms with E-state index in [1.807, 2.05) is 27.7 Å². The van der Waals surface area contributed by atoms with Crippen LogP contribution in [0, 0.1) is 12.7 Å². The van der Waals surface area contributed by atoms with Crippen molar-refractivity contribution in [3.63, 3.8) is 0 Å². The van der Waals surface area contributed by atoms with Gasteiger partial charge in [-0.2, -0.15) is 0 Å². The summed E-state index contributed by atoms with van der Waals surface area (Å²) in [6, 6.07) is 6.60. The van der Waals surface area contributed by atoms with Gasteiger partial charge in [-0.1, -0.05) is 19.6 Å². The Bertz CT molecular complexity index is 1160. The quantitative estimate of drug-likeness (QED) is 0.353. The molecule has 0 amide bonds. The van der Waals surface area contributed by atoms with Gasteiger partial charge in [-0.05, 0) is 45.4 Å². The highest BCUT2D eigenvalue weighted by atomic mass is 19.1. The van der Waals surface area contributed by atoms with Crippen LogP contribution in [-0.2, 0) is 5.41 Å². The Hall–Kier alpha value is -3.61. The molecule has 3 aromatic rings. The second kappa shape index (κ2) is 9.68. The lowest BCUT2D eigenvalue weighted by Gasteiger charge is -2.27. The first kappa shape index (κ1) is 23.1. The first-order valence-corrected chi connectivity index (χ1v) is 10.3. The number of aryl methyl sites for hydroxylation is 1. The lowest BCUT2D eigenvalue weighted by molar-refractivity contribution is 0.198. The molecule has 3 rings (SSSR count). The molecule has 0 radical (unpaired) electrons. The molecule has 0 spiro atoms. The highest BCUT2D eigenvalue weighted by molar-refractivity contribution is 5.64. The van der Waals surface area contributed by atoms with Crippen LogP contribution in [0.4, 0.5) is 16.0 Å². The molecule has 0 fully saturated rings. The average Bonchev–Trinajstić information content (AvgIpc) is 2.78. The summed E-state index contributed by atoms with van der Waals surface area (Å²) in [6.45, 7) is 11.3. The summed E-state index contributed by atoms with van der Waals surface area (Å²) in [5, 5.41) is 15.8. The zero-order chi connectivity index (χ0) is 23.3. The Morgan fingerprint density at radius 2 is 2.03 bits per heavy atom. The van der Waals surface area contributed by atoms with E-state index in [0.717, 1.165) is 5.69 Å². The molecule has 166 valence electrons. The van der Waals surface area contributed by atoms with E-state index in [9.17, 15) is 9.50 Å². The van der Waals surface area contributed by atoms with Crippen LogP contribution in [0.25, 0.3) is 11.3 Å². The first-order valence-electron chi connectivity index (χ1n) is 10.3. The Balaban J connectivity index is 1.86. The van der Waals surface area contributed by atoms with Crippen LogP contribution in [-0.4, -0.2) is 31.3 Å². The van der Waals surface area contributed by atoms with Crippen molar-refractivity contribution in [3.8, 4) is 11.3 Å². The van der Waals surface area contributed by atoms with Crippen LogP contribution in [0.3, 0.4) is 0 Å². The number of aliphatic hydroxyl groups excluding tert-OH is 1. The number of hydrogen-bond acceptors (Lipinski definition) is 7. The van der Waals surface area contributed by atoms with Gasteiger partial charge in [0, 0.05) is 18.0 Å². The smallest absolute Gasteiger partial charge is 0.224 e. The van der Waals surface area contributed by atoms with Gasteiger partial charge in [0.15, 0.2) is 0 Å². The largest absolute Gasteiger partial charge is 0.374 e. The van der Waals surface area contributed by atoms with Gasteiger partial charge in [-0.15, -0.1) is 5.73 Å². The minimum Gasteiger partial charge on any atom is -0.374 e. The van der Waals surface area contributed by atoms with Gasteiger partial charge in [0.2, 0.25) is 5.95 Å². The predicted molar refractivity (Wildman–Crippen MR) is 123 cm³/mol. The van der Waals surface area contributed by atoms with Gasteiger partial charge in [-0.3, -0.25) is 4.98 Å². The predicted octanol–water partition coefficient (Wildman–Crippen LogP) is 4.58. The third-order valence-corrected chi connectivity index (χ3v) is 5.06. The van der Waals surface area contributed by atoms with E-state index in [0.29, 0.717) is 35.0 Å². The van der Waals surface area contributed by atoms with Crippen LogP contribution in [0.1, 0.15) is 38.6 Å². The van der Waals surface area contributed by atoms with Crippen molar-refractivity contribution in [3.05, 3.63) is 78.1 Å². The fourth-order valence-electron chi connectivity index (χ4n) is 3.09. The van der Waals surface area contributed by atoms with Crippen molar-refractivity contribution in [1.82, 2.24) is 19.9 Å². The Labute approximate surface area is 187 Å². The maximum atomic E-state index is 14.9. The summed E-state index contributed by atoms with van der Waals surface area (Å²) in [5.41, 5.74) is 5.66. The molecule has 0 aliphatic rings. The zero-order valence-corrected chi connectivity index (χ0v) is 18.6. The standard InChI is InChI=1S/C24H27FN6O/c1-6-20(24(4,5)21-10-11-27-23(30-21)31-22(32)7-2)29-18-9-8-16(12-17(18)25)19-14-26-13-15(3)28-19/h8-14,22,29,32H,1,7H2,2-5H3,(H,27,30,31). The SMILES string of the molecule is C=C=C(Nc1ccc(-c2cncc(C)n2)cc1F)C(C)(C)c1ccnc(NC(O)CC)n1. The number of anilines is 2. The van der Waals surface area contributed by atoms with E-state index in [1.54, 1.807) is 36.8 Å². The summed E-state index contributed by atoms with van der Waals surface area (Å²) in [6.07, 6.45) is 4.62. The number of allylic oxidation sites excluding steroid dienone is 1. The fourth-order valence-corrected chi connectivity index (χ4v) is 3.09. The number of benzene rings is 1. The molecule has 7 nitrogen and oxygen atoms in total. The summed E-state index contributed by atoms with van der Waals surface area (Å²) in [7, 11) is 0. The highest BCUT2D eigenvalue weighted by Gasteiger charge is 2.29. The number of nitrogens with zero attached hydrogens (tertiary/aromatic N) is 4. The summed E-state index contributed by atoms with van der Waals surface area (Å²) in [5.74, 6) is -0.131. The molecule has 0 saturated carbocycles. The summed E-state index contributed by atoms with van der Waals surface area (Å²) >= 11 is 0. The van der Waals surface area contributed by atoms with Gasteiger partial charge < -0.3 is 15.7 Å². The lowest BCUT2D eigenvalue weighted by Crippen LogP contribution is -2.27. The van der Waals surface area contributed by atoms with Crippen LogP contribution >= 0.6 is 0 Å². The monoisotopic (exact) mass is 434 g/mol. The molecule has 1 atom stereocenters. The summed E-state index contributed by atoms with van der Waals surface area (Å²) < 4.78 is 14.9. The molecule has 8 heteroatoms. The number of rotatable bonds is 8. The third kappa shape index (κ3) is 5.17. The number of aliphatic hydroxyl groups is 1. The molecule has 1 aromatic carbocycles. The molecule has 0 aliphatic heterocycles. The highest BCUT2D eigenvalue weighted by Crippen LogP contribution is 2.32. The molecule has 2 aromatic heterocycles. The maximum absolute atomic E-state index is 14.9. The van der Waals surface area contributed by atoms with Crippen molar-refractivity contribution in [2.45, 2.75) is 45.8 Å². The van der Waals surface area contributed by atoms with Crippen LogP contribution < -0.4 is 10.6 Å². The van der Waals surface area contributed by atoms with E-state index >= 15 is 0 Å². The van der Waals surface area contributed by atoms with Gasteiger partial charge in [0.25, 0.3) is 0 Å². The Morgan fingerprint density at radius 1 is 1.25 bits per heavy atom. The van der Waals surface area contributed by atoms with E-state index in [-0.39, 0.29) is 5.69 Å².